The average molecular weight is 419 g/mol. The lowest BCUT2D eigenvalue weighted by molar-refractivity contribution is 0.103. The van der Waals surface area contributed by atoms with Gasteiger partial charge in [-0.2, -0.15) is 0 Å². The Kier molecular flexibility index (Phi) is 4.94. The first-order valence-electron chi connectivity index (χ1n) is 5.91. The number of methoxy groups -OCH3 is 3. The van der Waals surface area contributed by atoms with Crippen LogP contribution in [0.1, 0.15) is 15.9 Å². The highest BCUT2D eigenvalue weighted by Gasteiger charge is 2.20. The summed E-state index contributed by atoms with van der Waals surface area (Å²) in [4.78, 5) is 12.6. The van der Waals surface area contributed by atoms with Crippen molar-refractivity contribution < 1.29 is 19.0 Å². The van der Waals surface area contributed by atoms with Gasteiger partial charge in [-0.25, -0.2) is 0 Å². The molecule has 2 N–H and O–H groups in total. The molecule has 0 amide bonds. The number of ketones is 1. The number of hydrogen-bond acceptors (Lipinski definition) is 6. The van der Waals surface area contributed by atoms with Crippen molar-refractivity contribution in [2.45, 2.75) is 0 Å². The molecular weight excluding hydrogens is 405 g/mol. The number of ether oxygens (including phenoxy) is 3. The summed E-state index contributed by atoms with van der Waals surface area (Å²) in [6.07, 6.45) is 0. The zero-order valence-corrected chi connectivity index (χ0v) is 14.7. The molecule has 0 fully saturated rings. The molecule has 1 aromatic heterocycles. The van der Waals surface area contributed by atoms with Gasteiger partial charge in [0, 0.05) is 5.56 Å². The van der Waals surface area contributed by atoms with E-state index < -0.39 is 0 Å². The fourth-order valence-corrected chi connectivity index (χ4v) is 3.59. The summed E-state index contributed by atoms with van der Waals surface area (Å²) in [6, 6.07) is 5.01. The topological polar surface area (TPSA) is 70.8 Å². The lowest BCUT2D eigenvalue weighted by Crippen LogP contribution is -2.05. The quantitative estimate of drug-likeness (QED) is 0.596. The number of hydrogen-bond donors (Lipinski definition) is 1. The molecule has 2 aromatic rings. The van der Waals surface area contributed by atoms with Crippen molar-refractivity contribution in [1.82, 2.24) is 0 Å². The molecule has 0 saturated carbocycles. The van der Waals surface area contributed by atoms with Crippen LogP contribution in [0.2, 0.25) is 0 Å². The lowest BCUT2D eigenvalue weighted by Gasteiger charge is -2.13. The Labute approximate surface area is 140 Å². The summed E-state index contributed by atoms with van der Waals surface area (Å²) in [5.74, 6) is 1.14. The van der Waals surface area contributed by atoms with Crippen molar-refractivity contribution in [2.24, 2.45) is 0 Å². The number of thiophene rings is 1. The Morgan fingerprint density at radius 1 is 1.10 bits per heavy atom. The highest BCUT2D eigenvalue weighted by atomic mass is 127. The van der Waals surface area contributed by atoms with Crippen molar-refractivity contribution in [2.75, 3.05) is 27.1 Å². The molecular formula is C14H14INO4S. The Balaban J connectivity index is 2.53. The SMILES string of the molecule is COc1cc(C(=O)c2cc(I)sc2N)cc(OC)c1OC. The molecule has 21 heavy (non-hydrogen) atoms. The van der Waals surface area contributed by atoms with Gasteiger partial charge >= 0.3 is 0 Å². The summed E-state index contributed by atoms with van der Waals surface area (Å²) in [6.45, 7) is 0. The first-order valence-corrected chi connectivity index (χ1v) is 7.80. The third-order valence-electron chi connectivity index (χ3n) is 2.90. The highest BCUT2D eigenvalue weighted by Crippen LogP contribution is 2.39. The minimum Gasteiger partial charge on any atom is -0.493 e. The molecule has 2 rings (SSSR count). The summed E-state index contributed by atoms with van der Waals surface area (Å²) in [5.41, 5.74) is 6.80. The van der Waals surface area contributed by atoms with E-state index >= 15 is 0 Å². The maximum atomic E-state index is 12.6. The molecule has 0 aliphatic heterocycles. The molecule has 0 atom stereocenters. The maximum absolute atomic E-state index is 12.6. The summed E-state index contributed by atoms with van der Waals surface area (Å²) >= 11 is 3.51. The van der Waals surface area contributed by atoms with E-state index in [0.29, 0.717) is 33.4 Å². The Morgan fingerprint density at radius 2 is 1.67 bits per heavy atom. The number of benzene rings is 1. The van der Waals surface area contributed by atoms with Crippen molar-refractivity contribution in [3.63, 3.8) is 0 Å². The van der Waals surface area contributed by atoms with Gasteiger partial charge in [-0.1, -0.05) is 0 Å². The largest absolute Gasteiger partial charge is 0.493 e. The van der Waals surface area contributed by atoms with Gasteiger partial charge in [0.2, 0.25) is 5.75 Å². The number of anilines is 1. The second-order valence-corrected chi connectivity index (χ2v) is 7.05. The molecule has 0 spiro atoms. The van der Waals surface area contributed by atoms with E-state index in [4.69, 9.17) is 19.9 Å². The van der Waals surface area contributed by atoms with Gasteiger partial charge in [0.05, 0.1) is 34.8 Å². The normalized spacial score (nSPS) is 10.3. The summed E-state index contributed by atoms with van der Waals surface area (Å²) in [7, 11) is 4.53. The van der Waals surface area contributed by atoms with E-state index in [0.717, 1.165) is 2.88 Å². The van der Waals surface area contributed by atoms with E-state index in [9.17, 15) is 4.79 Å². The fraction of sp³-hybridized carbons (Fsp3) is 0.214. The minimum absolute atomic E-state index is 0.175. The van der Waals surface area contributed by atoms with Crippen LogP contribution in [0.3, 0.4) is 0 Å². The smallest absolute Gasteiger partial charge is 0.203 e. The van der Waals surface area contributed by atoms with Gasteiger partial charge in [0.1, 0.15) is 0 Å². The zero-order valence-electron chi connectivity index (χ0n) is 11.7. The number of carbonyl (C=O) groups is 1. The minimum atomic E-state index is -0.175. The van der Waals surface area contributed by atoms with Crippen LogP contribution in [0.15, 0.2) is 18.2 Å². The monoisotopic (exact) mass is 419 g/mol. The molecule has 0 bridgehead atoms. The fourth-order valence-electron chi connectivity index (χ4n) is 1.92. The number of halogens is 1. The lowest BCUT2D eigenvalue weighted by atomic mass is 10.0. The highest BCUT2D eigenvalue weighted by molar-refractivity contribution is 14.1. The van der Waals surface area contributed by atoms with Crippen LogP contribution >= 0.6 is 33.9 Å². The van der Waals surface area contributed by atoms with Crippen molar-refractivity contribution >= 4 is 44.7 Å². The van der Waals surface area contributed by atoms with Gasteiger partial charge in [-0.3, -0.25) is 4.79 Å². The molecule has 1 heterocycles. The van der Waals surface area contributed by atoms with Crippen molar-refractivity contribution in [3.05, 3.63) is 32.2 Å². The standard InChI is InChI=1S/C14H14INO4S/c1-18-9-4-7(5-10(19-2)13(9)20-3)12(17)8-6-11(15)21-14(8)16/h4-6H,16H2,1-3H3. The van der Waals surface area contributed by atoms with Gasteiger partial charge < -0.3 is 19.9 Å². The predicted molar refractivity (Wildman–Crippen MR) is 91.0 cm³/mol. The van der Waals surface area contributed by atoms with Crippen LogP contribution in [0, 0.1) is 2.88 Å². The second kappa shape index (κ2) is 6.52. The molecule has 0 aliphatic rings. The Hall–Kier alpha value is -1.48. The molecule has 0 radical (unpaired) electrons. The zero-order chi connectivity index (χ0) is 15.6. The van der Waals surface area contributed by atoms with Crippen molar-refractivity contribution in [3.8, 4) is 17.2 Å². The van der Waals surface area contributed by atoms with Crippen LogP contribution < -0.4 is 19.9 Å². The summed E-state index contributed by atoms with van der Waals surface area (Å²) < 4.78 is 16.7. The first-order chi connectivity index (χ1) is 10.0. The third-order valence-corrected chi connectivity index (χ3v) is 4.63. The number of carbonyl (C=O) groups excluding carboxylic acids is 1. The van der Waals surface area contributed by atoms with Gasteiger partial charge in [0.25, 0.3) is 0 Å². The number of nitrogens with two attached hydrogens (primary N) is 1. The van der Waals surface area contributed by atoms with E-state index in [1.54, 1.807) is 18.2 Å². The third kappa shape index (κ3) is 3.08. The van der Waals surface area contributed by atoms with Crippen LogP contribution in [0.25, 0.3) is 0 Å². The number of rotatable bonds is 5. The van der Waals surface area contributed by atoms with Gasteiger partial charge in [0.15, 0.2) is 17.3 Å². The first kappa shape index (κ1) is 15.9. The Bertz CT molecular complexity index is 659. The molecule has 1 aromatic carbocycles. The predicted octanol–water partition coefficient (Wildman–Crippen LogP) is 3.19. The van der Waals surface area contributed by atoms with Crippen LogP contribution in [0.4, 0.5) is 5.00 Å². The van der Waals surface area contributed by atoms with E-state index in [1.165, 1.54) is 32.7 Å². The molecule has 5 nitrogen and oxygen atoms in total. The van der Waals surface area contributed by atoms with E-state index in [2.05, 4.69) is 22.6 Å². The molecule has 7 heteroatoms. The van der Waals surface area contributed by atoms with Crippen LogP contribution in [-0.2, 0) is 0 Å². The van der Waals surface area contributed by atoms with Crippen LogP contribution in [0.5, 0.6) is 17.2 Å². The van der Waals surface area contributed by atoms with E-state index in [1.807, 2.05) is 0 Å². The van der Waals surface area contributed by atoms with Crippen molar-refractivity contribution in [1.29, 1.82) is 0 Å². The average Bonchev–Trinajstić information content (AvgIpc) is 2.83. The molecule has 0 aliphatic carbocycles. The number of nitrogen functional groups attached to an aromatic ring is 1. The van der Waals surface area contributed by atoms with E-state index in [-0.39, 0.29) is 5.78 Å². The molecule has 0 unspecified atom stereocenters. The summed E-state index contributed by atoms with van der Waals surface area (Å²) in [5, 5.41) is 0.498. The van der Waals surface area contributed by atoms with Crippen LogP contribution in [-0.4, -0.2) is 27.1 Å². The Morgan fingerprint density at radius 3 is 2.05 bits per heavy atom. The maximum Gasteiger partial charge on any atom is 0.203 e. The van der Waals surface area contributed by atoms with Gasteiger partial charge in [-0.15, -0.1) is 11.3 Å². The second-order valence-electron chi connectivity index (χ2n) is 4.07. The molecule has 0 saturated heterocycles. The van der Waals surface area contributed by atoms with Gasteiger partial charge in [-0.05, 0) is 40.8 Å². The molecule has 112 valence electrons.